The number of aryl methyl sites for hydroxylation is 1. The molecule has 6 nitrogen and oxygen atoms in total. The van der Waals surface area contributed by atoms with Crippen molar-refractivity contribution in [1.29, 1.82) is 0 Å². The Hall–Kier alpha value is -2.15. The van der Waals surface area contributed by atoms with Crippen molar-refractivity contribution in [3.63, 3.8) is 0 Å². The number of nitrogens with zero attached hydrogens (tertiary/aromatic N) is 2. The normalized spacial score (nSPS) is 21.4. The maximum absolute atomic E-state index is 12.7. The summed E-state index contributed by atoms with van der Waals surface area (Å²) in [4.78, 5) is 33.0. The van der Waals surface area contributed by atoms with E-state index in [0.29, 0.717) is 18.5 Å². The van der Waals surface area contributed by atoms with Crippen LogP contribution in [0.5, 0.6) is 0 Å². The fraction of sp³-hybridized carbons (Fsp3) is 0.438. The van der Waals surface area contributed by atoms with Gasteiger partial charge in [0.2, 0.25) is 0 Å². The van der Waals surface area contributed by atoms with Gasteiger partial charge in [0, 0.05) is 29.7 Å². The van der Waals surface area contributed by atoms with Crippen LogP contribution in [0.3, 0.4) is 0 Å². The Balaban J connectivity index is 1.79. The molecule has 2 atom stereocenters. The predicted molar refractivity (Wildman–Crippen MR) is 87.5 cm³/mol. The molecule has 1 fully saturated rings. The molecule has 2 aromatic rings. The standard InChI is InChI=1S/C16H19N3O3S/c1-9-3-4-11(16(21)22)7-19(9)15(20)13-5-12(6-17-13)14-8-23-10(2)18-14/h5-6,8-9,11,17H,3-4,7H2,1-2H3,(H,21,22). The first-order chi connectivity index (χ1) is 11.0. The topological polar surface area (TPSA) is 86.3 Å². The van der Waals surface area contributed by atoms with Crippen LogP contribution in [0.2, 0.25) is 0 Å². The zero-order valence-corrected chi connectivity index (χ0v) is 13.9. The Kier molecular flexibility index (Phi) is 4.21. The SMILES string of the molecule is Cc1nc(-c2c[nH]c(C(=O)N3CC(C(=O)O)CCC3C)c2)cs1. The molecule has 1 amide bonds. The van der Waals surface area contributed by atoms with Crippen molar-refractivity contribution in [3.8, 4) is 11.3 Å². The summed E-state index contributed by atoms with van der Waals surface area (Å²) in [6, 6.07) is 1.83. The predicted octanol–water partition coefficient (Wildman–Crippen LogP) is 2.77. The summed E-state index contributed by atoms with van der Waals surface area (Å²) >= 11 is 1.56. The van der Waals surface area contributed by atoms with Crippen molar-refractivity contribution in [2.24, 2.45) is 5.92 Å². The summed E-state index contributed by atoms with van der Waals surface area (Å²) in [6.45, 7) is 4.16. The van der Waals surface area contributed by atoms with Crippen LogP contribution in [0.1, 0.15) is 35.3 Å². The van der Waals surface area contributed by atoms with Crippen molar-refractivity contribution in [1.82, 2.24) is 14.9 Å². The number of carbonyl (C=O) groups is 2. The number of aliphatic carboxylic acids is 1. The molecule has 0 saturated carbocycles. The highest BCUT2D eigenvalue weighted by atomic mass is 32.1. The van der Waals surface area contributed by atoms with Gasteiger partial charge in [-0.2, -0.15) is 0 Å². The number of carboxylic acids is 1. The summed E-state index contributed by atoms with van der Waals surface area (Å²) < 4.78 is 0. The molecule has 3 heterocycles. The molecule has 0 radical (unpaired) electrons. The molecule has 7 heteroatoms. The van der Waals surface area contributed by atoms with Gasteiger partial charge in [-0.1, -0.05) is 0 Å². The van der Waals surface area contributed by atoms with Crippen molar-refractivity contribution in [2.75, 3.05) is 6.54 Å². The number of carbonyl (C=O) groups excluding carboxylic acids is 1. The van der Waals surface area contributed by atoms with Crippen LogP contribution in [0.25, 0.3) is 11.3 Å². The Morgan fingerprint density at radius 2 is 2.22 bits per heavy atom. The van der Waals surface area contributed by atoms with E-state index in [1.807, 2.05) is 19.2 Å². The molecule has 1 saturated heterocycles. The minimum Gasteiger partial charge on any atom is -0.481 e. The summed E-state index contributed by atoms with van der Waals surface area (Å²) in [6.07, 6.45) is 3.10. The van der Waals surface area contributed by atoms with Crippen LogP contribution in [0, 0.1) is 12.8 Å². The first-order valence-electron chi connectivity index (χ1n) is 7.60. The summed E-state index contributed by atoms with van der Waals surface area (Å²) in [5, 5.41) is 12.1. The molecule has 23 heavy (non-hydrogen) atoms. The van der Waals surface area contributed by atoms with Crippen LogP contribution < -0.4 is 0 Å². The Labute approximate surface area is 138 Å². The molecule has 2 aromatic heterocycles. The average molecular weight is 333 g/mol. The van der Waals surface area contributed by atoms with Crippen molar-refractivity contribution >= 4 is 23.2 Å². The molecule has 2 unspecified atom stereocenters. The number of aromatic nitrogens is 2. The van der Waals surface area contributed by atoms with Gasteiger partial charge in [-0.15, -0.1) is 11.3 Å². The quantitative estimate of drug-likeness (QED) is 0.904. The van der Waals surface area contributed by atoms with Crippen molar-refractivity contribution in [3.05, 3.63) is 28.3 Å². The Morgan fingerprint density at radius 1 is 1.43 bits per heavy atom. The number of amides is 1. The molecule has 122 valence electrons. The van der Waals surface area contributed by atoms with E-state index >= 15 is 0 Å². The molecular formula is C16H19N3O3S. The van der Waals surface area contributed by atoms with Crippen LogP contribution in [-0.2, 0) is 4.79 Å². The molecule has 3 rings (SSSR count). The fourth-order valence-corrected chi connectivity index (χ4v) is 3.53. The number of carboxylic acid groups (broad SMARTS) is 1. The lowest BCUT2D eigenvalue weighted by Gasteiger charge is -2.36. The zero-order valence-electron chi connectivity index (χ0n) is 13.1. The number of thiazole rings is 1. The minimum atomic E-state index is -0.833. The van der Waals surface area contributed by atoms with Crippen LogP contribution in [0.15, 0.2) is 17.6 Å². The number of nitrogens with one attached hydrogen (secondary N) is 1. The van der Waals surface area contributed by atoms with Crippen LogP contribution >= 0.6 is 11.3 Å². The Bertz CT molecular complexity index is 737. The summed E-state index contributed by atoms with van der Waals surface area (Å²) in [5.74, 6) is -1.47. The van der Waals surface area contributed by atoms with Gasteiger partial charge in [-0.25, -0.2) is 4.98 Å². The van der Waals surface area contributed by atoms with E-state index in [2.05, 4.69) is 9.97 Å². The maximum Gasteiger partial charge on any atom is 0.308 e. The van der Waals surface area contributed by atoms with Gasteiger partial charge in [-0.05, 0) is 32.8 Å². The smallest absolute Gasteiger partial charge is 0.308 e. The van der Waals surface area contributed by atoms with Gasteiger partial charge < -0.3 is 15.0 Å². The monoisotopic (exact) mass is 333 g/mol. The van der Waals surface area contributed by atoms with E-state index in [1.54, 1.807) is 28.5 Å². The molecule has 1 aliphatic heterocycles. The number of aromatic amines is 1. The van der Waals surface area contributed by atoms with Crippen molar-refractivity contribution < 1.29 is 14.7 Å². The molecule has 0 aliphatic carbocycles. The van der Waals surface area contributed by atoms with E-state index in [4.69, 9.17) is 0 Å². The third-order valence-electron chi connectivity index (χ3n) is 4.32. The van der Waals surface area contributed by atoms with Gasteiger partial charge in [0.15, 0.2) is 0 Å². The van der Waals surface area contributed by atoms with Gasteiger partial charge in [0.05, 0.1) is 16.6 Å². The average Bonchev–Trinajstić information content (AvgIpc) is 3.15. The van der Waals surface area contributed by atoms with Gasteiger partial charge in [-0.3, -0.25) is 9.59 Å². The van der Waals surface area contributed by atoms with E-state index in [9.17, 15) is 14.7 Å². The fourth-order valence-electron chi connectivity index (χ4n) is 2.91. The zero-order chi connectivity index (χ0) is 16.6. The molecule has 1 aliphatic rings. The summed E-state index contributed by atoms with van der Waals surface area (Å²) in [5.41, 5.74) is 2.19. The number of hydrogen-bond donors (Lipinski definition) is 2. The second-order valence-corrected chi connectivity index (χ2v) is 7.04. The lowest BCUT2D eigenvalue weighted by molar-refractivity contribution is -0.143. The Morgan fingerprint density at radius 3 is 2.87 bits per heavy atom. The van der Waals surface area contributed by atoms with Gasteiger partial charge in [0.25, 0.3) is 5.91 Å². The first kappa shape index (κ1) is 15.7. The van der Waals surface area contributed by atoms with Crippen LogP contribution in [-0.4, -0.2) is 44.4 Å². The highest BCUT2D eigenvalue weighted by Crippen LogP contribution is 2.26. The highest BCUT2D eigenvalue weighted by Gasteiger charge is 2.33. The minimum absolute atomic E-state index is 0.0476. The molecule has 0 bridgehead atoms. The van der Waals surface area contributed by atoms with E-state index < -0.39 is 11.9 Å². The molecule has 2 N–H and O–H groups in total. The third-order valence-corrected chi connectivity index (χ3v) is 5.09. The number of H-pyrrole nitrogens is 1. The summed E-state index contributed by atoms with van der Waals surface area (Å²) in [7, 11) is 0. The second-order valence-electron chi connectivity index (χ2n) is 5.97. The number of piperidine rings is 1. The van der Waals surface area contributed by atoms with Crippen LogP contribution in [0.4, 0.5) is 0 Å². The lowest BCUT2D eigenvalue weighted by atomic mass is 9.93. The number of rotatable bonds is 3. The lowest BCUT2D eigenvalue weighted by Crippen LogP contribution is -2.47. The van der Waals surface area contributed by atoms with Gasteiger partial charge in [0.1, 0.15) is 5.69 Å². The third kappa shape index (κ3) is 3.14. The first-order valence-corrected chi connectivity index (χ1v) is 8.48. The van der Waals surface area contributed by atoms with Crippen molar-refractivity contribution in [2.45, 2.75) is 32.7 Å². The second kappa shape index (κ2) is 6.16. The number of hydrogen-bond acceptors (Lipinski definition) is 4. The largest absolute Gasteiger partial charge is 0.481 e. The molecular weight excluding hydrogens is 314 g/mol. The highest BCUT2D eigenvalue weighted by molar-refractivity contribution is 7.09. The van der Waals surface area contributed by atoms with E-state index in [1.165, 1.54) is 0 Å². The van der Waals surface area contributed by atoms with E-state index in [-0.39, 0.29) is 18.5 Å². The molecule has 0 aromatic carbocycles. The van der Waals surface area contributed by atoms with Gasteiger partial charge >= 0.3 is 5.97 Å². The maximum atomic E-state index is 12.7. The van der Waals surface area contributed by atoms with E-state index in [0.717, 1.165) is 16.3 Å². The molecule has 0 spiro atoms. The number of likely N-dealkylation sites (tertiary alicyclic amines) is 1.